The summed E-state index contributed by atoms with van der Waals surface area (Å²) in [5.74, 6) is 0.784. The molecule has 2 aliphatic rings. The van der Waals surface area contributed by atoms with E-state index in [1.54, 1.807) is 6.20 Å². The number of ether oxygens (including phenoxy) is 1. The van der Waals surface area contributed by atoms with Crippen LogP contribution in [0.4, 0.5) is 0 Å². The second-order valence-corrected chi connectivity index (χ2v) is 8.14. The van der Waals surface area contributed by atoms with Crippen molar-refractivity contribution in [2.24, 2.45) is 0 Å². The number of nitrogens with one attached hydrogen (secondary N) is 1. The molecule has 6 nitrogen and oxygen atoms in total. The first-order valence-corrected chi connectivity index (χ1v) is 10.8. The Morgan fingerprint density at radius 2 is 2.00 bits per heavy atom. The van der Waals surface area contributed by atoms with Crippen molar-refractivity contribution in [3.05, 3.63) is 71.3 Å². The van der Waals surface area contributed by atoms with Crippen molar-refractivity contribution in [2.75, 3.05) is 6.61 Å². The second kappa shape index (κ2) is 8.30. The van der Waals surface area contributed by atoms with E-state index in [2.05, 4.69) is 39.7 Å². The summed E-state index contributed by atoms with van der Waals surface area (Å²) in [7, 11) is 0. The fourth-order valence-corrected chi connectivity index (χ4v) is 4.40. The van der Waals surface area contributed by atoms with Crippen LogP contribution in [-0.4, -0.2) is 33.3 Å². The molecule has 0 spiro atoms. The third-order valence-electron chi connectivity index (χ3n) is 5.98. The van der Waals surface area contributed by atoms with Crippen LogP contribution in [0.1, 0.15) is 59.4 Å². The average Bonchev–Trinajstić information content (AvgIpc) is 3.47. The fourth-order valence-electron chi connectivity index (χ4n) is 4.40. The van der Waals surface area contributed by atoms with Crippen LogP contribution in [0.15, 0.2) is 48.8 Å². The van der Waals surface area contributed by atoms with E-state index in [0.29, 0.717) is 18.7 Å². The topological polar surface area (TPSA) is 69.0 Å². The molecule has 1 fully saturated rings. The molecule has 6 heteroatoms. The molecular formula is C24H26N4O2. The molecule has 154 valence electrons. The Morgan fingerprint density at radius 3 is 2.77 bits per heavy atom. The maximum Gasteiger partial charge on any atom is 0.270 e. The van der Waals surface area contributed by atoms with Crippen molar-refractivity contribution in [3.63, 3.8) is 0 Å². The summed E-state index contributed by atoms with van der Waals surface area (Å²) < 4.78 is 7.70. The Balaban J connectivity index is 1.37. The van der Waals surface area contributed by atoms with Crippen LogP contribution in [0.3, 0.4) is 0 Å². The molecule has 0 unspecified atom stereocenters. The third-order valence-corrected chi connectivity index (χ3v) is 5.98. The van der Waals surface area contributed by atoms with Crippen LogP contribution in [-0.2, 0) is 12.8 Å². The molecule has 1 aromatic carbocycles. The lowest BCUT2D eigenvalue weighted by atomic mass is 9.95. The SMILES string of the molecule is O=C(NC1CCCCC1)c1cc(Cc2ccc(-n3cccn3)cc2)c2c(n1)CCO2. The van der Waals surface area contributed by atoms with Gasteiger partial charge in [-0.1, -0.05) is 31.4 Å². The molecule has 5 rings (SSSR count). The van der Waals surface area contributed by atoms with Crippen molar-refractivity contribution in [1.29, 1.82) is 0 Å². The van der Waals surface area contributed by atoms with Crippen molar-refractivity contribution in [1.82, 2.24) is 20.1 Å². The molecule has 3 heterocycles. The first-order valence-electron chi connectivity index (χ1n) is 10.8. The van der Waals surface area contributed by atoms with Gasteiger partial charge in [0.25, 0.3) is 5.91 Å². The normalized spacial score (nSPS) is 16.1. The summed E-state index contributed by atoms with van der Waals surface area (Å²) >= 11 is 0. The summed E-state index contributed by atoms with van der Waals surface area (Å²) in [5, 5.41) is 7.46. The Kier molecular flexibility index (Phi) is 5.22. The van der Waals surface area contributed by atoms with Gasteiger partial charge in [-0.2, -0.15) is 5.10 Å². The van der Waals surface area contributed by atoms with Crippen LogP contribution >= 0.6 is 0 Å². The van der Waals surface area contributed by atoms with Gasteiger partial charge in [-0.3, -0.25) is 4.79 Å². The van der Waals surface area contributed by atoms with Gasteiger partial charge in [0, 0.05) is 36.8 Å². The van der Waals surface area contributed by atoms with Crippen LogP contribution in [0.2, 0.25) is 0 Å². The van der Waals surface area contributed by atoms with Gasteiger partial charge >= 0.3 is 0 Å². The van der Waals surface area contributed by atoms with E-state index < -0.39 is 0 Å². The van der Waals surface area contributed by atoms with Gasteiger partial charge in [0.05, 0.1) is 18.0 Å². The maximum atomic E-state index is 12.9. The van der Waals surface area contributed by atoms with Crippen molar-refractivity contribution >= 4 is 5.91 Å². The molecule has 1 aliphatic carbocycles. The number of carbonyl (C=O) groups is 1. The molecule has 1 aliphatic heterocycles. The maximum absolute atomic E-state index is 12.9. The predicted octanol–water partition coefficient (Wildman–Crippen LogP) is 3.86. The average molecular weight is 402 g/mol. The predicted molar refractivity (Wildman–Crippen MR) is 114 cm³/mol. The number of nitrogens with zero attached hydrogens (tertiary/aromatic N) is 3. The van der Waals surface area contributed by atoms with Gasteiger partial charge in [-0.05, 0) is 42.7 Å². The van der Waals surface area contributed by atoms with Gasteiger partial charge < -0.3 is 10.1 Å². The Bertz CT molecular complexity index is 1020. The number of hydrogen-bond acceptors (Lipinski definition) is 4. The zero-order valence-corrected chi connectivity index (χ0v) is 17.0. The van der Waals surface area contributed by atoms with E-state index in [4.69, 9.17) is 4.74 Å². The lowest BCUT2D eigenvalue weighted by Crippen LogP contribution is -2.36. The standard InChI is InChI=1S/C24H26N4O2/c29-24(26-19-5-2-1-3-6-19)22-16-18(23-21(27-22)11-14-30-23)15-17-7-9-20(10-8-17)28-13-4-12-25-28/h4,7-10,12-13,16,19H,1-3,5-6,11,14-15H2,(H,26,29). The highest BCUT2D eigenvalue weighted by molar-refractivity contribution is 5.93. The van der Waals surface area contributed by atoms with E-state index in [9.17, 15) is 4.79 Å². The van der Waals surface area contributed by atoms with Crippen LogP contribution < -0.4 is 10.1 Å². The number of carbonyl (C=O) groups excluding carboxylic acids is 1. The highest BCUT2D eigenvalue weighted by atomic mass is 16.5. The zero-order valence-electron chi connectivity index (χ0n) is 17.0. The summed E-state index contributed by atoms with van der Waals surface area (Å²) in [5.41, 5.74) is 4.61. The number of benzene rings is 1. The molecule has 0 radical (unpaired) electrons. The Labute approximate surface area is 176 Å². The van der Waals surface area contributed by atoms with Crippen LogP contribution in [0.5, 0.6) is 5.75 Å². The molecule has 0 atom stereocenters. The van der Waals surface area contributed by atoms with Gasteiger partial charge in [0.2, 0.25) is 0 Å². The largest absolute Gasteiger partial charge is 0.491 e. The number of hydrogen-bond donors (Lipinski definition) is 1. The Morgan fingerprint density at radius 1 is 1.17 bits per heavy atom. The van der Waals surface area contributed by atoms with Crippen molar-refractivity contribution in [2.45, 2.75) is 51.0 Å². The summed E-state index contributed by atoms with van der Waals surface area (Å²) in [6, 6.07) is 12.4. The van der Waals surface area contributed by atoms with Gasteiger partial charge in [0.1, 0.15) is 11.4 Å². The quantitative estimate of drug-likeness (QED) is 0.704. The third kappa shape index (κ3) is 3.95. The van der Waals surface area contributed by atoms with Crippen molar-refractivity contribution < 1.29 is 9.53 Å². The summed E-state index contributed by atoms with van der Waals surface area (Å²) in [4.78, 5) is 17.5. The smallest absolute Gasteiger partial charge is 0.270 e. The highest BCUT2D eigenvalue weighted by Gasteiger charge is 2.23. The highest BCUT2D eigenvalue weighted by Crippen LogP contribution is 2.31. The minimum absolute atomic E-state index is 0.0631. The number of aromatic nitrogens is 3. The lowest BCUT2D eigenvalue weighted by molar-refractivity contribution is 0.0922. The number of fused-ring (bicyclic) bond motifs is 1. The van der Waals surface area contributed by atoms with E-state index in [1.165, 1.54) is 19.3 Å². The van der Waals surface area contributed by atoms with Crippen molar-refractivity contribution in [3.8, 4) is 11.4 Å². The summed E-state index contributed by atoms with van der Waals surface area (Å²) in [6.07, 6.45) is 10.9. The fraction of sp³-hybridized carbons (Fsp3) is 0.375. The van der Waals surface area contributed by atoms with Gasteiger partial charge in [0.15, 0.2) is 0 Å². The van der Waals surface area contributed by atoms with Crippen LogP contribution in [0, 0.1) is 0 Å². The molecular weight excluding hydrogens is 376 g/mol. The molecule has 1 saturated carbocycles. The molecule has 1 N–H and O–H groups in total. The molecule has 30 heavy (non-hydrogen) atoms. The summed E-state index contributed by atoms with van der Waals surface area (Å²) in [6.45, 7) is 0.626. The molecule has 2 aromatic heterocycles. The first kappa shape index (κ1) is 18.9. The Hall–Kier alpha value is -3.15. The van der Waals surface area contributed by atoms with E-state index >= 15 is 0 Å². The molecule has 0 bridgehead atoms. The van der Waals surface area contributed by atoms with Gasteiger partial charge in [-0.25, -0.2) is 9.67 Å². The number of pyridine rings is 1. The zero-order chi connectivity index (χ0) is 20.3. The van der Waals surface area contributed by atoms with E-state index in [-0.39, 0.29) is 11.9 Å². The monoisotopic (exact) mass is 402 g/mol. The first-order chi connectivity index (χ1) is 14.8. The lowest BCUT2D eigenvalue weighted by Gasteiger charge is -2.22. The van der Waals surface area contributed by atoms with E-state index in [1.807, 2.05) is 23.0 Å². The second-order valence-electron chi connectivity index (χ2n) is 8.14. The number of rotatable bonds is 5. The molecule has 0 saturated heterocycles. The minimum Gasteiger partial charge on any atom is -0.491 e. The minimum atomic E-state index is -0.0631. The molecule has 1 amide bonds. The number of amides is 1. The molecule has 3 aromatic rings. The van der Waals surface area contributed by atoms with Gasteiger partial charge in [-0.15, -0.1) is 0 Å². The van der Waals surface area contributed by atoms with Crippen LogP contribution in [0.25, 0.3) is 5.69 Å². The van der Waals surface area contributed by atoms with E-state index in [0.717, 1.165) is 47.5 Å².